The van der Waals surface area contributed by atoms with E-state index in [9.17, 15) is 4.79 Å². The molecule has 0 aliphatic carbocycles. The number of hydrogen-bond acceptors (Lipinski definition) is 4. The average Bonchev–Trinajstić information content (AvgIpc) is 2.83. The lowest BCUT2D eigenvalue weighted by atomic mass is 9.97. The summed E-state index contributed by atoms with van der Waals surface area (Å²) in [5.74, 6) is 0.946. The standard InChI is InChI=1S/C18H27ClN4O/c19-16-10-15(17(20)24)11-21-18(16)23-9-5-6-14(13-23)12-22-7-3-1-2-4-8-22/h10-11,14H,1-9,12-13H2,(H2,20,24). The lowest BCUT2D eigenvalue weighted by Crippen LogP contribution is -2.41. The van der Waals surface area contributed by atoms with Crippen molar-refractivity contribution in [2.75, 3.05) is 37.6 Å². The maximum absolute atomic E-state index is 11.2. The highest BCUT2D eigenvalue weighted by Crippen LogP contribution is 2.29. The van der Waals surface area contributed by atoms with Crippen molar-refractivity contribution in [1.82, 2.24) is 9.88 Å². The molecule has 2 aliphatic rings. The van der Waals surface area contributed by atoms with Gasteiger partial charge in [-0.1, -0.05) is 24.4 Å². The van der Waals surface area contributed by atoms with Gasteiger partial charge in [-0.25, -0.2) is 4.98 Å². The van der Waals surface area contributed by atoms with Crippen LogP contribution in [0.5, 0.6) is 0 Å². The summed E-state index contributed by atoms with van der Waals surface area (Å²) in [5.41, 5.74) is 5.66. The fourth-order valence-electron chi connectivity index (χ4n) is 3.89. The molecule has 24 heavy (non-hydrogen) atoms. The number of hydrogen-bond donors (Lipinski definition) is 1. The van der Waals surface area contributed by atoms with Crippen LogP contribution in [0.4, 0.5) is 5.82 Å². The highest BCUT2D eigenvalue weighted by Gasteiger charge is 2.25. The summed E-state index contributed by atoms with van der Waals surface area (Å²) < 4.78 is 0. The molecule has 132 valence electrons. The summed E-state index contributed by atoms with van der Waals surface area (Å²) in [6.45, 7) is 5.61. The molecule has 3 heterocycles. The number of pyridine rings is 1. The number of nitrogens with zero attached hydrogens (tertiary/aromatic N) is 3. The molecule has 0 saturated carbocycles. The third kappa shape index (κ3) is 4.39. The number of nitrogens with two attached hydrogens (primary N) is 1. The first kappa shape index (κ1) is 17.5. The van der Waals surface area contributed by atoms with Gasteiger partial charge in [-0.2, -0.15) is 0 Å². The fraction of sp³-hybridized carbons (Fsp3) is 0.667. The quantitative estimate of drug-likeness (QED) is 0.906. The van der Waals surface area contributed by atoms with Gasteiger partial charge in [0.15, 0.2) is 0 Å². The second-order valence-electron chi connectivity index (χ2n) is 7.06. The normalized spacial score (nSPS) is 23.0. The molecule has 1 amide bonds. The minimum absolute atomic E-state index is 0.363. The molecule has 1 atom stereocenters. The average molecular weight is 351 g/mol. The Balaban J connectivity index is 1.63. The summed E-state index contributed by atoms with van der Waals surface area (Å²) in [5, 5.41) is 0.515. The summed E-state index contributed by atoms with van der Waals surface area (Å²) >= 11 is 6.35. The predicted octanol–water partition coefficient (Wildman–Crippen LogP) is 2.93. The number of primary amides is 1. The zero-order chi connectivity index (χ0) is 16.9. The number of aromatic nitrogens is 1. The van der Waals surface area contributed by atoms with Gasteiger partial charge in [-0.15, -0.1) is 0 Å². The van der Waals surface area contributed by atoms with Gasteiger partial charge in [0, 0.05) is 25.8 Å². The third-order valence-corrected chi connectivity index (χ3v) is 5.42. The van der Waals surface area contributed by atoms with Gasteiger partial charge in [-0.3, -0.25) is 4.79 Å². The SMILES string of the molecule is NC(=O)c1cnc(N2CCCC(CN3CCCCCC3)C2)c(Cl)c1. The Labute approximate surface area is 149 Å². The van der Waals surface area contributed by atoms with Gasteiger partial charge in [-0.05, 0) is 50.8 Å². The first-order valence-electron chi connectivity index (χ1n) is 9.06. The van der Waals surface area contributed by atoms with Crippen molar-refractivity contribution < 1.29 is 4.79 Å². The van der Waals surface area contributed by atoms with E-state index >= 15 is 0 Å². The predicted molar refractivity (Wildman–Crippen MR) is 97.6 cm³/mol. The molecule has 1 aromatic heterocycles. The molecule has 0 bridgehead atoms. The van der Waals surface area contributed by atoms with Crippen LogP contribution in [0.2, 0.25) is 5.02 Å². The molecule has 0 spiro atoms. The monoisotopic (exact) mass is 350 g/mol. The zero-order valence-corrected chi connectivity index (χ0v) is 15.0. The van der Waals surface area contributed by atoms with Crippen molar-refractivity contribution in [2.45, 2.75) is 38.5 Å². The molecule has 3 rings (SSSR count). The molecule has 2 aliphatic heterocycles. The second-order valence-corrected chi connectivity index (χ2v) is 7.47. The van der Waals surface area contributed by atoms with E-state index in [-0.39, 0.29) is 0 Å². The highest BCUT2D eigenvalue weighted by molar-refractivity contribution is 6.33. The molecule has 2 saturated heterocycles. The van der Waals surface area contributed by atoms with E-state index in [2.05, 4.69) is 14.8 Å². The molecular formula is C18H27ClN4O. The van der Waals surface area contributed by atoms with Crippen molar-refractivity contribution in [2.24, 2.45) is 11.7 Å². The highest BCUT2D eigenvalue weighted by atomic mass is 35.5. The van der Waals surface area contributed by atoms with Crippen LogP contribution in [0.3, 0.4) is 0 Å². The van der Waals surface area contributed by atoms with Crippen molar-refractivity contribution >= 4 is 23.3 Å². The topological polar surface area (TPSA) is 62.5 Å². The number of carbonyl (C=O) groups excluding carboxylic acids is 1. The number of halogens is 1. The van der Waals surface area contributed by atoms with E-state index in [0.717, 1.165) is 25.3 Å². The molecule has 5 nitrogen and oxygen atoms in total. The van der Waals surface area contributed by atoms with Crippen molar-refractivity contribution in [3.8, 4) is 0 Å². The molecule has 1 unspecified atom stereocenters. The number of rotatable bonds is 4. The maximum atomic E-state index is 11.2. The Morgan fingerprint density at radius 2 is 1.96 bits per heavy atom. The van der Waals surface area contributed by atoms with E-state index in [1.807, 2.05) is 0 Å². The van der Waals surface area contributed by atoms with E-state index < -0.39 is 5.91 Å². The Bertz CT molecular complexity index is 572. The van der Waals surface area contributed by atoms with E-state index in [1.165, 1.54) is 57.9 Å². The first-order chi connectivity index (χ1) is 11.6. The maximum Gasteiger partial charge on any atom is 0.250 e. The van der Waals surface area contributed by atoms with E-state index in [1.54, 1.807) is 6.07 Å². The molecule has 0 radical (unpaired) electrons. The zero-order valence-electron chi connectivity index (χ0n) is 14.2. The van der Waals surface area contributed by atoms with Gasteiger partial charge in [0.05, 0.1) is 10.6 Å². The number of carbonyl (C=O) groups is 1. The summed E-state index contributed by atoms with van der Waals surface area (Å²) in [6.07, 6.45) is 9.37. The van der Waals surface area contributed by atoms with Gasteiger partial charge in [0.1, 0.15) is 5.82 Å². The van der Waals surface area contributed by atoms with Crippen molar-refractivity contribution in [3.63, 3.8) is 0 Å². The minimum Gasteiger partial charge on any atom is -0.366 e. The van der Waals surface area contributed by atoms with Crippen molar-refractivity contribution in [3.05, 3.63) is 22.8 Å². The molecular weight excluding hydrogens is 324 g/mol. The number of piperidine rings is 1. The molecule has 6 heteroatoms. The van der Waals surface area contributed by atoms with Crippen LogP contribution >= 0.6 is 11.6 Å². The van der Waals surface area contributed by atoms with Gasteiger partial charge in [0.25, 0.3) is 0 Å². The molecule has 0 aromatic carbocycles. The molecule has 2 N–H and O–H groups in total. The summed E-state index contributed by atoms with van der Waals surface area (Å²) in [7, 11) is 0. The van der Waals surface area contributed by atoms with Gasteiger partial charge >= 0.3 is 0 Å². The second kappa shape index (κ2) is 8.17. The summed E-state index contributed by atoms with van der Waals surface area (Å²) in [4.78, 5) is 20.5. The van der Waals surface area contributed by atoms with Crippen LogP contribution in [-0.4, -0.2) is 48.5 Å². The molecule has 2 fully saturated rings. The van der Waals surface area contributed by atoms with E-state index in [4.69, 9.17) is 17.3 Å². The number of anilines is 1. The van der Waals surface area contributed by atoms with Gasteiger partial charge in [0.2, 0.25) is 5.91 Å². The Morgan fingerprint density at radius 1 is 1.21 bits per heavy atom. The van der Waals surface area contributed by atoms with Crippen LogP contribution < -0.4 is 10.6 Å². The van der Waals surface area contributed by atoms with Crippen LogP contribution in [0, 0.1) is 5.92 Å². The smallest absolute Gasteiger partial charge is 0.250 e. The van der Waals surface area contributed by atoms with Crippen LogP contribution in [-0.2, 0) is 0 Å². The minimum atomic E-state index is -0.492. The Morgan fingerprint density at radius 3 is 2.62 bits per heavy atom. The summed E-state index contributed by atoms with van der Waals surface area (Å²) in [6, 6.07) is 1.63. The third-order valence-electron chi connectivity index (χ3n) is 5.14. The lowest BCUT2D eigenvalue weighted by molar-refractivity contribution is 0.1000. The molecule has 1 aromatic rings. The van der Waals surface area contributed by atoms with E-state index in [0.29, 0.717) is 16.5 Å². The fourth-order valence-corrected chi connectivity index (χ4v) is 4.17. The first-order valence-corrected chi connectivity index (χ1v) is 9.44. The largest absolute Gasteiger partial charge is 0.366 e. The Hall–Kier alpha value is -1.33. The van der Waals surface area contributed by atoms with Crippen LogP contribution in [0.1, 0.15) is 48.9 Å². The number of amides is 1. The van der Waals surface area contributed by atoms with Crippen LogP contribution in [0.25, 0.3) is 0 Å². The number of likely N-dealkylation sites (tertiary alicyclic amines) is 1. The van der Waals surface area contributed by atoms with Crippen LogP contribution in [0.15, 0.2) is 12.3 Å². The van der Waals surface area contributed by atoms with Gasteiger partial charge < -0.3 is 15.5 Å². The Kier molecular flexibility index (Phi) is 5.95. The lowest BCUT2D eigenvalue weighted by Gasteiger charge is -2.36. The van der Waals surface area contributed by atoms with Crippen molar-refractivity contribution in [1.29, 1.82) is 0 Å².